The molecule has 1 aromatic heterocycles. The van der Waals surface area contributed by atoms with Gasteiger partial charge in [-0.05, 0) is 55.9 Å². The van der Waals surface area contributed by atoms with Gasteiger partial charge in [-0.1, -0.05) is 18.2 Å². The van der Waals surface area contributed by atoms with Crippen molar-refractivity contribution in [2.24, 2.45) is 5.73 Å². The lowest BCUT2D eigenvalue weighted by molar-refractivity contribution is 0.340. The van der Waals surface area contributed by atoms with E-state index in [1.807, 2.05) is 6.92 Å². The van der Waals surface area contributed by atoms with Gasteiger partial charge in [-0.2, -0.15) is 0 Å². The van der Waals surface area contributed by atoms with Gasteiger partial charge in [0.15, 0.2) is 0 Å². The molecule has 0 amide bonds. The van der Waals surface area contributed by atoms with Crippen molar-refractivity contribution in [1.82, 2.24) is 4.98 Å². The van der Waals surface area contributed by atoms with E-state index in [1.54, 1.807) is 0 Å². The Balaban J connectivity index is 1.69. The number of anilines is 2. The standard InChI is InChI=1S/C23H30N4O/c1-2-28-19-10-9-17-6-5-13-27(16-18(17)14-19)23-15-22(25-12-11-24)20-7-3-4-8-21(20)26-23/h7-10,14-15,25H,2-6,11-13,16,24H2,1H3. The lowest BCUT2D eigenvalue weighted by Crippen LogP contribution is -2.36. The van der Waals surface area contributed by atoms with E-state index < -0.39 is 0 Å². The molecule has 0 saturated carbocycles. The molecule has 0 fully saturated rings. The average Bonchev–Trinajstić information content (AvgIpc) is 2.94. The average molecular weight is 379 g/mol. The van der Waals surface area contributed by atoms with Gasteiger partial charge in [0.25, 0.3) is 0 Å². The number of fused-ring (bicyclic) bond motifs is 2. The fourth-order valence-electron chi connectivity index (χ4n) is 4.08. The first-order valence-electron chi connectivity index (χ1n) is 10.4. The van der Waals surface area contributed by atoms with Crippen LogP contribution in [0.5, 0.6) is 5.75 Å². The van der Waals surface area contributed by atoms with Crippen molar-refractivity contribution in [2.75, 3.05) is 36.5 Å². The van der Waals surface area contributed by atoms with Crippen molar-refractivity contribution in [3.8, 4) is 5.75 Å². The van der Waals surface area contributed by atoms with Crippen molar-refractivity contribution >= 4 is 23.7 Å². The number of nitrogens with two attached hydrogens (primary N) is 1. The molecule has 0 radical (unpaired) electrons. The Morgan fingerprint density at radius 1 is 1.18 bits per heavy atom. The van der Waals surface area contributed by atoms with Gasteiger partial charge in [0.05, 0.1) is 12.0 Å². The molecule has 0 saturated heterocycles. The van der Waals surface area contributed by atoms with E-state index in [-0.39, 0.29) is 0 Å². The van der Waals surface area contributed by atoms with Gasteiger partial charge >= 0.3 is 0 Å². The highest BCUT2D eigenvalue weighted by molar-refractivity contribution is 5.59. The Labute approximate surface area is 166 Å². The molecule has 5 nitrogen and oxygen atoms in total. The number of nitrogens with one attached hydrogen (secondary N) is 1. The summed E-state index contributed by atoms with van der Waals surface area (Å²) >= 11 is 0. The second-order valence-electron chi connectivity index (χ2n) is 7.42. The molecule has 1 aliphatic heterocycles. The lowest BCUT2D eigenvalue weighted by Gasteiger charge is -2.24. The molecular weight excluding hydrogens is 348 g/mol. The molecule has 0 unspecified atom stereocenters. The predicted octanol–water partition coefficient (Wildman–Crippen LogP) is 2.16. The molecule has 2 aliphatic rings. The quantitative estimate of drug-likeness (QED) is 0.807. The molecule has 28 heavy (non-hydrogen) atoms. The van der Waals surface area contributed by atoms with Gasteiger partial charge in [-0.3, -0.25) is 0 Å². The number of nitrogens with zero attached hydrogens (tertiary/aromatic N) is 2. The highest BCUT2D eigenvalue weighted by atomic mass is 16.5. The molecular formula is C23H30N4O. The Hall–Kier alpha value is -2.53. The molecule has 3 N–H and O–H groups in total. The zero-order valence-electron chi connectivity index (χ0n) is 16.7. The minimum atomic E-state index is 0.618. The maximum absolute atomic E-state index is 5.73. The summed E-state index contributed by atoms with van der Waals surface area (Å²) in [5.74, 6) is 1.99. The Morgan fingerprint density at radius 2 is 2.07 bits per heavy atom. The van der Waals surface area contributed by atoms with Gasteiger partial charge < -0.3 is 20.7 Å². The molecule has 2 aromatic rings. The van der Waals surface area contributed by atoms with Crippen molar-refractivity contribution < 1.29 is 4.74 Å². The summed E-state index contributed by atoms with van der Waals surface area (Å²) in [6, 6.07) is 8.71. The van der Waals surface area contributed by atoms with E-state index >= 15 is 0 Å². The van der Waals surface area contributed by atoms with Crippen LogP contribution in [0.4, 0.5) is 11.5 Å². The summed E-state index contributed by atoms with van der Waals surface area (Å²) in [6.07, 6.45) is 8.90. The SMILES string of the molecule is CCOc1ccc2c(c1)CN(c1cc(NCCN)c3c(n1)=CCCC=3)CCC2. The minimum Gasteiger partial charge on any atom is -0.494 e. The van der Waals surface area contributed by atoms with Crippen molar-refractivity contribution in [3.63, 3.8) is 0 Å². The smallest absolute Gasteiger partial charge is 0.131 e. The van der Waals surface area contributed by atoms with Crippen molar-refractivity contribution in [1.29, 1.82) is 0 Å². The summed E-state index contributed by atoms with van der Waals surface area (Å²) in [7, 11) is 0. The van der Waals surface area contributed by atoms with Gasteiger partial charge in [-0.25, -0.2) is 4.98 Å². The Morgan fingerprint density at radius 3 is 2.93 bits per heavy atom. The molecule has 148 valence electrons. The van der Waals surface area contributed by atoms with Crippen LogP contribution in [0.25, 0.3) is 12.2 Å². The molecule has 2 heterocycles. The number of rotatable bonds is 6. The Bertz CT molecular complexity index is 954. The van der Waals surface area contributed by atoms with Crippen LogP contribution in [-0.4, -0.2) is 31.2 Å². The lowest BCUT2D eigenvalue weighted by atomic mass is 10.0. The molecule has 4 rings (SSSR count). The first-order chi connectivity index (χ1) is 13.8. The number of hydrogen-bond acceptors (Lipinski definition) is 5. The fraction of sp³-hybridized carbons (Fsp3) is 0.435. The summed E-state index contributed by atoms with van der Waals surface area (Å²) in [5.41, 5.74) is 9.64. The second kappa shape index (κ2) is 8.65. The first-order valence-corrected chi connectivity index (χ1v) is 10.4. The summed E-state index contributed by atoms with van der Waals surface area (Å²) < 4.78 is 5.73. The molecule has 5 heteroatoms. The number of aromatic nitrogens is 1. The zero-order chi connectivity index (χ0) is 19.3. The van der Waals surface area contributed by atoms with Crippen molar-refractivity contribution in [2.45, 2.75) is 39.2 Å². The summed E-state index contributed by atoms with van der Waals surface area (Å²) in [5, 5.41) is 5.81. The van der Waals surface area contributed by atoms with E-state index in [9.17, 15) is 0 Å². The fourth-order valence-corrected chi connectivity index (χ4v) is 4.08. The Kier molecular flexibility index (Phi) is 5.81. The highest BCUT2D eigenvalue weighted by Gasteiger charge is 2.18. The maximum Gasteiger partial charge on any atom is 0.131 e. The van der Waals surface area contributed by atoms with Gasteiger partial charge in [0, 0.05) is 43.2 Å². The topological polar surface area (TPSA) is 63.4 Å². The predicted molar refractivity (Wildman–Crippen MR) is 116 cm³/mol. The molecule has 0 bridgehead atoms. The van der Waals surface area contributed by atoms with Gasteiger partial charge in [0.1, 0.15) is 11.6 Å². The van der Waals surface area contributed by atoms with E-state index in [2.05, 4.69) is 46.6 Å². The van der Waals surface area contributed by atoms with Crippen LogP contribution in [0.3, 0.4) is 0 Å². The monoisotopic (exact) mass is 378 g/mol. The van der Waals surface area contributed by atoms with E-state index in [0.29, 0.717) is 13.2 Å². The number of aryl methyl sites for hydroxylation is 1. The number of pyridine rings is 1. The van der Waals surface area contributed by atoms with Gasteiger partial charge in [-0.15, -0.1) is 0 Å². The van der Waals surface area contributed by atoms with Crippen molar-refractivity contribution in [3.05, 3.63) is 46.0 Å². The second-order valence-corrected chi connectivity index (χ2v) is 7.42. The van der Waals surface area contributed by atoms with Gasteiger partial charge in [0.2, 0.25) is 0 Å². The van der Waals surface area contributed by atoms with Crippen LogP contribution in [0.15, 0.2) is 24.3 Å². The van der Waals surface area contributed by atoms with Crippen LogP contribution >= 0.6 is 0 Å². The summed E-state index contributed by atoms with van der Waals surface area (Å²) in [6.45, 7) is 5.97. The molecule has 0 spiro atoms. The molecule has 0 atom stereocenters. The number of benzene rings is 1. The third-order valence-corrected chi connectivity index (χ3v) is 5.44. The van der Waals surface area contributed by atoms with Crippen LogP contribution in [0.1, 0.15) is 37.3 Å². The van der Waals surface area contributed by atoms with E-state index in [4.69, 9.17) is 15.5 Å². The summed E-state index contributed by atoms with van der Waals surface area (Å²) in [4.78, 5) is 7.42. The van der Waals surface area contributed by atoms with Crippen LogP contribution in [0.2, 0.25) is 0 Å². The first kappa shape index (κ1) is 18.8. The van der Waals surface area contributed by atoms with Crippen LogP contribution in [-0.2, 0) is 13.0 Å². The normalized spacial score (nSPS) is 15.6. The highest BCUT2D eigenvalue weighted by Crippen LogP contribution is 2.26. The molecule has 1 aromatic carbocycles. The third kappa shape index (κ3) is 3.99. The van der Waals surface area contributed by atoms with Crippen LogP contribution < -0.4 is 31.3 Å². The van der Waals surface area contributed by atoms with Crippen LogP contribution in [0, 0.1) is 0 Å². The van der Waals surface area contributed by atoms with E-state index in [0.717, 1.165) is 67.9 Å². The zero-order valence-corrected chi connectivity index (χ0v) is 16.7. The third-order valence-electron chi connectivity index (χ3n) is 5.44. The maximum atomic E-state index is 5.73. The number of ether oxygens (including phenoxy) is 1. The number of hydrogen-bond donors (Lipinski definition) is 2. The van der Waals surface area contributed by atoms with E-state index in [1.165, 1.54) is 16.3 Å². The largest absolute Gasteiger partial charge is 0.494 e. The molecule has 1 aliphatic carbocycles. The minimum absolute atomic E-state index is 0.618.